The number of hydrogen-bond donors (Lipinski definition) is 2. The smallest absolute Gasteiger partial charge is 0.276 e. The summed E-state index contributed by atoms with van der Waals surface area (Å²) < 4.78 is 7.02. The first-order valence-electron chi connectivity index (χ1n) is 8.74. The van der Waals surface area contributed by atoms with Gasteiger partial charge in [0.2, 0.25) is 5.95 Å². The number of nitrogens with one attached hydrogen (secondary N) is 2. The molecule has 0 saturated heterocycles. The van der Waals surface area contributed by atoms with Gasteiger partial charge in [-0.1, -0.05) is 29.8 Å². The van der Waals surface area contributed by atoms with Crippen LogP contribution in [0.5, 0.6) is 5.75 Å². The molecule has 27 heavy (non-hydrogen) atoms. The van der Waals surface area contributed by atoms with E-state index in [0.717, 1.165) is 11.1 Å². The van der Waals surface area contributed by atoms with Crippen molar-refractivity contribution >= 4 is 22.8 Å². The number of hydrazine groups is 1. The number of hydrogen-bond acceptors (Lipinski definition) is 5. The number of benzene rings is 2. The minimum Gasteiger partial charge on any atom is -0.483 e. The summed E-state index contributed by atoms with van der Waals surface area (Å²) in [5, 5.41) is 0.536. The van der Waals surface area contributed by atoms with E-state index >= 15 is 0 Å². The van der Waals surface area contributed by atoms with E-state index in [4.69, 9.17) is 4.74 Å². The quantitative estimate of drug-likeness (QED) is 0.655. The summed E-state index contributed by atoms with van der Waals surface area (Å²) in [7, 11) is 0. The third-order valence-corrected chi connectivity index (χ3v) is 4.18. The Balaban J connectivity index is 1.69. The second-order valence-electron chi connectivity index (χ2n) is 6.23. The minimum absolute atomic E-state index is 0.152. The predicted octanol–water partition coefficient (Wildman–Crippen LogP) is 2.56. The van der Waals surface area contributed by atoms with Crippen molar-refractivity contribution in [3.63, 3.8) is 0 Å². The summed E-state index contributed by atoms with van der Waals surface area (Å²) in [4.78, 5) is 29.1. The Morgan fingerprint density at radius 1 is 1.19 bits per heavy atom. The van der Waals surface area contributed by atoms with Gasteiger partial charge in [-0.2, -0.15) is 0 Å². The van der Waals surface area contributed by atoms with Gasteiger partial charge in [-0.15, -0.1) is 0 Å². The lowest BCUT2D eigenvalue weighted by atomic mass is 10.1. The molecule has 0 spiro atoms. The van der Waals surface area contributed by atoms with E-state index in [9.17, 15) is 9.59 Å². The number of aromatic nitrogens is 2. The highest BCUT2D eigenvalue weighted by molar-refractivity contribution is 5.80. The van der Waals surface area contributed by atoms with Gasteiger partial charge in [-0.3, -0.25) is 25.0 Å². The maximum Gasteiger partial charge on any atom is 0.276 e. The van der Waals surface area contributed by atoms with E-state index in [1.807, 2.05) is 45.0 Å². The monoisotopic (exact) mass is 366 g/mol. The maximum absolute atomic E-state index is 12.5. The Labute approximate surface area is 157 Å². The molecule has 7 heteroatoms. The first-order valence-corrected chi connectivity index (χ1v) is 8.74. The van der Waals surface area contributed by atoms with Crippen molar-refractivity contribution in [3.05, 3.63) is 63.9 Å². The zero-order valence-corrected chi connectivity index (χ0v) is 15.6. The molecule has 0 bridgehead atoms. The van der Waals surface area contributed by atoms with Gasteiger partial charge in [0.05, 0.1) is 10.9 Å². The van der Waals surface area contributed by atoms with Gasteiger partial charge in [0.15, 0.2) is 6.61 Å². The highest BCUT2D eigenvalue weighted by Crippen LogP contribution is 2.18. The number of fused-ring (bicyclic) bond motifs is 1. The number of anilines is 1. The Kier molecular flexibility index (Phi) is 5.40. The topological polar surface area (TPSA) is 85.2 Å². The SMILES string of the molecule is CCn1c(NNC(=O)COc2ccc(C)cc2C)nc2ccccc2c1=O. The maximum atomic E-state index is 12.5. The third kappa shape index (κ3) is 4.08. The number of rotatable bonds is 6. The van der Waals surface area contributed by atoms with Crippen molar-refractivity contribution in [1.29, 1.82) is 0 Å². The van der Waals surface area contributed by atoms with Crippen molar-refractivity contribution in [3.8, 4) is 5.75 Å². The molecule has 0 radical (unpaired) electrons. The average molecular weight is 366 g/mol. The molecule has 1 aromatic heterocycles. The highest BCUT2D eigenvalue weighted by Gasteiger charge is 2.11. The molecular formula is C20H22N4O3. The molecule has 0 aliphatic heterocycles. The molecule has 2 aromatic carbocycles. The molecule has 3 rings (SSSR count). The molecule has 0 atom stereocenters. The molecule has 2 N–H and O–H groups in total. The molecule has 140 valence electrons. The number of amides is 1. The van der Waals surface area contributed by atoms with Gasteiger partial charge >= 0.3 is 0 Å². The van der Waals surface area contributed by atoms with Crippen LogP contribution in [0, 0.1) is 13.8 Å². The fraction of sp³-hybridized carbons (Fsp3) is 0.250. The van der Waals surface area contributed by atoms with Crippen LogP contribution in [0.15, 0.2) is 47.3 Å². The number of carbonyl (C=O) groups is 1. The Morgan fingerprint density at radius 2 is 1.96 bits per heavy atom. The zero-order chi connectivity index (χ0) is 19.4. The summed E-state index contributed by atoms with van der Waals surface area (Å²) in [5.41, 5.74) is 7.76. The van der Waals surface area contributed by atoms with Crippen LogP contribution in [-0.2, 0) is 11.3 Å². The van der Waals surface area contributed by atoms with Crippen molar-refractivity contribution in [2.75, 3.05) is 12.0 Å². The summed E-state index contributed by atoms with van der Waals surface area (Å²) in [6.07, 6.45) is 0. The van der Waals surface area contributed by atoms with E-state index in [-0.39, 0.29) is 24.0 Å². The number of ether oxygens (including phenoxy) is 1. The lowest BCUT2D eigenvalue weighted by Gasteiger charge is -2.14. The minimum atomic E-state index is -0.375. The van der Waals surface area contributed by atoms with Gasteiger partial charge in [-0.05, 0) is 44.5 Å². The molecular weight excluding hydrogens is 344 g/mol. The number of carbonyl (C=O) groups excluding carboxylic acids is 1. The lowest BCUT2D eigenvalue weighted by molar-refractivity contribution is -0.122. The number of para-hydroxylation sites is 1. The Hall–Kier alpha value is -3.35. The van der Waals surface area contributed by atoms with E-state index in [1.54, 1.807) is 18.2 Å². The van der Waals surface area contributed by atoms with Crippen molar-refractivity contribution in [1.82, 2.24) is 15.0 Å². The molecule has 3 aromatic rings. The normalized spacial score (nSPS) is 10.6. The summed E-state index contributed by atoms with van der Waals surface area (Å²) in [6.45, 7) is 6.04. The molecule has 0 unspecified atom stereocenters. The van der Waals surface area contributed by atoms with Gasteiger partial charge < -0.3 is 4.74 Å². The van der Waals surface area contributed by atoms with Crippen LogP contribution in [-0.4, -0.2) is 22.1 Å². The van der Waals surface area contributed by atoms with E-state index in [2.05, 4.69) is 15.8 Å². The molecule has 0 aliphatic carbocycles. The van der Waals surface area contributed by atoms with Crippen LogP contribution < -0.4 is 21.1 Å². The molecule has 0 saturated carbocycles. The van der Waals surface area contributed by atoms with Gasteiger partial charge in [-0.25, -0.2) is 4.98 Å². The van der Waals surface area contributed by atoms with Crippen LogP contribution in [0.4, 0.5) is 5.95 Å². The third-order valence-electron chi connectivity index (χ3n) is 4.18. The van der Waals surface area contributed by atoms with Crippen LogP contribution in [0.2, 0.25) is 0 Å². The average Bonchev–Trinajstić information content (AvgIpc) is 2.66. The fourth-order valence-corrected chi connectivity index (χ4v) is 2.82. The number of nitrogens with zero attached hydrogens (tertiary/aromatic N) is 2. The molecule has 1 amide bonds. The molecule has 0 fully saturated rings. The molecule has 7 nitrogen and oxygen atoms in total. The zero-order valence-electron chi connectivity index (χ0n) is 15.6. The summed E-state index contributed by atoms with van der Waals surface area (Å²) >= 11 is 0. The first kappa shape index (κ1) is 18.4. The van der Waals surface area contributed by atoms with Gasteiger partial charge in [0.1, 0.15) is 5.75 Å². The van der Waals surface area contributed by atoms with Crippen molar-refractivity contribution in [2.24, 2.45) is 0 Å². The molecule has 1 heterocycles. The standard InChI is InChI=1S/C20H22N4O3/c1-4-24-19(26)15-7-5-6-8-16(15)21-20(24)23-22-18(25)12-27-17-10-9-13(2)11-14(17)3/h5-11H,4,12H2,1-3H3,(H,21,23)(H,22,25). The van der Waals surface area contributed by atoms with Crippen molar-refractivity contribution < 1.29 is 9.53 Å². The highest BCUT2D eigenvalue weighted by atomic mass is 16.5. The second-order valence-corrected chi connectivity index (χ2v) is 6.23. The van der Waals surface area contributed by atoms with E-state index in [1.165, 1.54) is 4.57 Å². The Bertz CT molecular complexity index is 1040. The summed E-state index contributed by atoms with van der Waals surface area (Å²) in [6, 6.07) is 12.9. The Morgan fingerprint density at radius 3 is 2.70 bits per heavy atom. The van der Waals surface area contributed by atoms with Crippen molar-refractivity contribution in [2.45, 2.75) is 27.3 Å². The van der Waals surface area contributed by atoms with E-state index < -0.39 is 0 Å². The molecule has 0 aliphatic rings. The fourth-order valence-electron chi connectivity index (χ4n) is 2.82. The first-order chi connectivity index (χ1) is 13.0. The summed E-state index contributed by atoms with van der Waals surface area (Å²) in [5.74, 6) is 0.561. The largest absolute Gasteiger partial charge is 0.483 e. The van der Waals surface area contributed by atoms with Gasteiger partial charge in [0, 0.05) is 6.54 Å². The van der Waals surface area contributed by atoms with Gasteiger partial charge in [0.25, 0.3) is 11.5 Å². The lowest BCUT2D eigenvalue weighted by Crippen LogP contribution is -2.37. The van der Waals surface area contributed by atoms with E-state index in [0.29, 0.717) is 23.2 Å². The predicted molar refractivity (Wildman–Crippen MR) is 105 cm³/mol. The van der Waals surface area contributed by atoms with Crippen LogP contribution >= 0.6 is 0 Å². The van der Waals surface area contributed by atoms with Crippen LogP contribution in [0.3, 0.4) is 0 Å². The number of aryl methyl sites for hydroxylation is 2. The van der Waals surface area contributed by atoms with Crippen LogP contribution in [0.25, 0.3) is 10.9 Å². The second kappa shape index (κ2) is 7.90. The van der Waals surface area contributed by atoms with Crippen LogP contribution in [0.1, 0.15) is 18.1 Å².